The van der Waals surface area contributed by atoms with Crippen LogP contribution >= 0.6 is 23.2 Å². The number of hydrazine groups is 1. The predicted molar refractivity (Wildman–Crippen MR) is 119 cm³/mol. The maximum absolute atomic E-state index is 12.4. The van der Waals surface area contributed by atoms with Crippen molar-refractivity contribution in [2.45, 2.75) is 20.3 Å². The van der Waals surface area contributed by atoms with Crippen molar-refractivity contribution < 1.29 is 23.9 Å². The van der Waals surface area contributed by atoms with Crippen LogP contribution in [0.4, 0.5) is 5.69 Å². The number of nitrogens with zero attached hydrogens (tertiary/aromatic N) is 1. The Morgan fingerprint density at radius 3 is 2.62 bits per heavy atom. The Morgan fingerprint density at radius 2 is 1.91 bits per heavy atom. The fraction of sp³-hybridized carbons (Fsp3) is 0.273. The van der Waals surface area contributed by atoms with E-state index >= 15 is 0 Å². The van der Waals surface area contributed by atoms with E-state index < -0.39 is 36.2 Å². The van der Waals surface area contributed by atoms with Gasteiger partial charge in [-0.2, -0.15) is 0 Å². The number of amides is 3. The standard InChI is InChI=1S/C22H21Cl2N3O5/c1-12-4-3-5-18(13(12)2)25-19(28)11-32-22(31)14-8-20(29)27(10-14)26-21(30)16-7-6-15(23)9-17(16)24/h3-7,9,14H,8,10-11H2,1-2H3,(H,25,28)(H,26,30)/t14-/m1/s1. The number of rotatable bonds is 6. The second kappa shape index (κ2) is 10.0. The molecule has 1 fully saturated rings. The molecule has 1 heterocycles. The largest absolute Gasteiger partial charge is 0.455 e. The summed E-state index contributed by atoms with van der Waals surface area (Å²) < 4.78 is 5.07. The van der Waals surface area contributed by atoms with Crippen LogP contribution in [0.2, 0.25) is 10.0 Å². The molecule has 3 rings (SSSR count). The third-order valence-corrected chi connectivity index (χ3v) is 5.64. The number of carbonyl (C=O) groups excluding carboxylic acids is 4. The summed E-state index contributed by atoms with van der Waals surface area (Å²) in [5, 5.41) is 4.23. The van der Waals surface area contributed by atoms with E-state index in [9.17, 15) is 19.2 Å². The average molecular weight is 478 g/mol. The van der Waals surface area contributed by atoms with Crippen molar-refractivity contribution in [3.8, 4) is 0 Å². The molecule has 2 N–H and O–H groups in total. The summed E-state index contributed by atoms with van der Waals surface area (Å²) in [6, 6.07) is 9.83. The minimum Gasteiger partial charge on any atom is -0.455 e. The van der Waals surface area contributed by atoms with E-state index in [1.165, 1.54) is 18.2 Å². The highest BCUT2D eigenvalue weighted by molar-refractivity contribution is 6.36. The zero-order valence-electron chi connectivity index (χ0n) is 17.4. The van der Waals surface area contributed by atoms with Gasteiger partial charge in [-0.15, -0.1) is 0 Å². The lowest BCUT2D eigenvalue weighted by Gasteiger charge is -2.18. The number of carbonyl (C=O) groups is 4. The Labute approximate surface area is 194 Å². The zero-order chi connectivity index (χ0) is 23.4. The second-order valence-electron chi connectivity index (χ2n) is 7.37. The van der Waals surface area contributed by atoms with Gasteiger partial charge in [0.05, 0.1) is 23.0 Å². The minimum absolute atomic E-state index is 0.0762. The van der Waals surface area contributed by atoms with Crippen LogP contribution in [0.25, 0.3) is 0 Å². The molecule has 3 amide bonds. The van der Waals surface area contributed by atoms with Gasteiger partial charge in [-0.25, -0.2) is 0 Å². The average Bonchev–Trinajstić information content (AvgIpc) is 3.10. The highest BCUT2D eigenvalue weighted by atomic mass is 35.5. The van der Waals surface area contributed by atoms with Crippen LogP contribution in [-0.4, -0.2) is 41.9 Å². The number of nitrogens with one attached hydrogen (secondary N) is 2. The summed E-state index contributed by atoms with van der Waals surface area (Å²) in [6.45, 7) is 3.24. The number of esters is 1. The van der Waals surface area contributed by atoms with Crippen LogP contribution in [0.1, 0.15) is 27.9 Å². The first kappa shape index (κ1) is 23.6. The fourth-order valence-electron chi connectivity index (χ4n) is 3.16. The summed E-state index contributed by atoms with van der Waals surface area (Å²) in [7, 11) is 0. The molecule has 1 atom stereocenters. The smallest absolute Gasteiger partial charge is 0.311 e. The first-order valence-electron chi connectivity index (χ1n) is 9.75. The maximum Gasteiger partial charge on any atom is 0.311 e. The second-order valence-corrected chi connectivity index (χ2v) is 8.22. The van der Waals surface area contributed by atoms with Crippen LogP contribution in [0.3, 0.4) is 0 Å². The molecule has 0 spiro atoms. The minimum atomic E-state index is -0.808. The van der Waals surface area contributed by atoms with E-state index in [1.54, 1.807) is 6.07 Å². The highest BCUT2D eigenvalue weighted by Gasteiger charge is 2.37. The van der Waals surface area contributed by atoms with Crippen molar-refractivity contribution >= 4 is 52.6 Å². The molecule has 0 bridgehead atoms. The Balaban J connectivity index is 1.51. The lowest BCUT2D eigenvalue weighted by molar-refractivity contribution is -0.151. The summed E-state index contributed by atoms with van der Waals surface area (Å²) in [4.78, 5) is 49.1. The molecule has 10 heteroatoms. The van der Waals surface area contributed by atoms with Gasteiger partial charge in [0, 0.05) is 17.1 Å². The van der Waals surface area contributed by atoms with Gasteiger partial charge in [-0.05, 0) is 49.2 Å². The van der Waals surface area contributed by atoms with E-state index in [2.05, 4.69) is 10.7 Å². The number of benzene rings is 2. The number of ether oxygens (including phenoxy) is 1. The normalized spacial score (nSPS) is 15.4. The number of halogens is 2. The van der Waals surface area contributed by atoms with Crippen molar-refractivity contribution in [2.75, 3.05) is 18.5 Å². The molecule has 2 aromatic carbocycles. The number of aryl methyl sites for hydroxylation is 1. The van der Waals surface area contributed by atoms with Crippen LogP contribution in [0, 0.1) is 19.8 Å². The Kier molecular flexibility index (Phi) is 7.37. The molecule has 0 aliphatic carbocycles. The van der Waals surface area contributed by atoms with E-state index in [1.807, 2.05) is 26.0 Å². The Morgan fingerprint density at radius 1 is 1.16 bits per heavy atom. The molecule has 2 aromatic rings. The topological polar surface area (TPSA) is 105 Å². The summed E-state index contributed by atoms with van der Waals surface area (Å²) in [5.74, 6) is -3.06. The molecule has 0 unspecified atom stereocenters. The lowest BCUT2D eigenvalue weighted by Crippen LogP contribution is -2.43. The first-order chi connectivity index (χ1) is 15.2. The van der Waals surface area contributed by atoms with Gasteiger partial charge in [-0.3, -0.25) is 29.6 Å². The molecule has 32 heavy (non-hydrogen) atoms. The van der Waals surface area contributed by atoms with Gasteiger partial charge in [0.15, 0.2) is 6.61 Å². The monoisotopic (exact) mass is 477 g/mol. The van der Waals surface area contributed by atoms with Crippen LogP contribution in [0.15, 0.2) is 36.4 Å². The molecule has 1 saturated heterocycles. The van der Waals surface area contributed by atoms with Crippen molar-refractivity contribution in [3.05, 3.63) is 63.1 Å². The Hall–Kier alpha value is -3.10. The van der Waals surface area contributed by atoms with E-state index in [-0.39, 0.29) is 23.6 Å². The molecule has 0 saturated carbocycles. The zero-order valence-corrected chi connectivity index (χ0v) is 18.9. The maximum atomic E-state index is 12.4. The van der Waals surface area contributed by atoms with E-state index in [0.717, 1.165) is 16.1 Å². The summed E-state index contributed by atoms with van der Waals surface area (Å²) in [5.41, 5.74) is 5.14. The third kappa shape index (κ3) is 5.57. The lowest BCUT2D eigenvalue weighted by atomic mass is 10.1. The van der Waals surface area contributed by atoms with Gasteiger partial charge in [0.25, 0.3) is 11.8 Å². The van der Waals surface area contributed by atoms with Crippen molar-refractivity contribution in [2.24, 2.45) is 5.92 Å². The van der Waals surface area contributed by atoms with Gasteiger partial charge < -0.3 is 10.1 Å². The van der Waals surface area contributed by atoms with Crippen molar-refractivity contribution in [3.63, 3.8) is 0 Å². The van der Waals surface area contributed by atoms with E-state index in [4.69, 9.17) is 27.9 Å². The molecule has 0 radical (unpaired) electrons. The molecule has 8 nitrogen and oxygen atoms in total. The van der Waals surface area contributed by atoms with Crippen LogP contribution in [0.5, 0.6) is 0 Å². The molecule has 1 aliphatic heterocycles. The van der Waals surface area contributed by atoms with Gasteiger partial charge in [0.1, 0.15) is 0 Å². The van der Waals surface area contributed by atoms with Crippen LogP contribution < -0.4 is 10.7 Å². The van der Waals surface area contributed by atoms with Crippen molar-refractivity contribution in [1.82, 2.24) is 10.4 Å². The van der Waals surface area contributed by atoms with Gasteiger partial charge in [-0.1, -0.05) is 35.3 Å². The molecule has 168 valence electrons. The third-order valence-electron chi connectivity index (χ3n) is 5.09. The summed E-state index contributed by atoms with van der Waals surface area (Å²) in [6.07, 6.45) is -0.147. The molecular formula is C22H21Cl2N3O5. The molecule has 0 aromatic heterocycles. The van der Waals surface area contributed by atoms with Gasteiger partial charge >= 0.3 is 5.97 Å². The number of anilines is 1. The van der Waals surface area contributed by atoms with Gasteiger partial charge in [0.2, 0.25) is 5.91 Å². The van der Waals surface area contributed by atoms with Crippen LogP contribution in [-0.2, 0) is 19.1 Å². The highest BCUT2D eigenvalue weighted by Crippen LogP contribution is 2.23. The number of hydrogen-bond acceptors (Lipinski definition) is 5. The Bertz CT molecular complexity index is 1090. The summed E-state index contributed by atoms with van der Waals surface area (Å²) >= 11 is 11.8. The number of hydrogen-bond donors (Lipinski definition) is 2. The fourth-order valence-corrected chi connectivity index (χ4v) is 3.65. The van der Waals surface area contributed by atoms with Crippen molar-refractivity contribution in [1.29, 1.82) is 0 Å². The predicted octanol–water partition coefficient (Wildman–Crippen LogP) is 3.29. The first-order valence-corrected chi connectivity index (χ1v) is 10.5. The molecule has 1 aliphatic rings. The quantitative estimate of drug-likeness (QED) is 0.621. The van der Waals surface area contributed by atoms with E-state index in [0.29, 0.717) is 10.7 Å². The SMILES string of the molecule is Cc1cccc(NC(=O)COC(=O)[C@@H]2CC(=O)N(NC(=O)c3ccc(Cl)cc3Cl)C2)c1C. The molecular weight excluding hydrogens is 457 g/mol.